The molecule has 1 fully saturated rings. The van der Waals surface area contributed by atoms with Crippen molar-refractivity contribution in [2.75, 3.05) is 0 Å². The topological polar surface area (TPSA) is 80.9 Å². The van der Waals surface area contributed by atoms with Gasteiger partial charge in [0.2, 0.25) is 0 Å². The van der Waals surface area contributed by atoms with Gasteiger partial charge in [0.1, 0.15) is 0 Å². The molecule has 13 heavy (non-hydrogen) atoms. The van der Waals surface area contributed by atoms with E-state index in [-0.39, 0.29) is 15.4 Å². The molecule has 2 bridgehead atoms. The van der Waals surface area contributed by atoms with Gasteiger partial charge in [0.15, 0.2) is 0 Å². The van der Waals surface area contributed by atoms with Gasteiger partial charge in [0, 0.05) is 0 Å². The number of allylic oxidation sites excluding steroid dienone is 2. The zero-order chi connectivity index (χ0) is 10.1. The van der Waals surface area contributed by atoms with Crippen molar-refractivity contribution < 1.29 is 20.1 Å². The number of fused-ring (bicyclic) bond motifs is 2. The molecule has 0 aromatic carbocycles. The maximum atomic E-state index is 7.00. The summed E-state index contributed by atoms with van der Waals surface area (Å²) in [4.78, 5) is 0. The van der Waals surface area contributed by atoms with E-state index in [0.717, 1.165) is 11.8 Å². The fourth-order valence-electron chi connectivity index (χ4n) is 1.72. The molecule has 0 aromatic heterocycles. The molecular formula is C7H14B2O4. The fraction of sp³-hybridized carbons (Fsp3) is 0.714. The lowest BCUT2D eigenvalue weighted by atomic mass is 10.1. The second-order valence-electron chi connectivity index (χ2n) is 2.95. The van der Waals surface area contributed by atoms with Crippen LogP contribution < -0.4 is 0 Å². The molecule has 1 saturated carbocycles. The first-order chi connectivity index (χ1) is 6.28. The highest BCUT2D eigenvalue weighted by Gasteiger charge is 2.25. The summed E-state index contributed by atoms with van der Waals surface area (Å²) in [6.07, 6.45) is 9.19. The van der Waals surface area contributed by atoms with Gasteiger partial charge in [-0.2, -0.15) is 0 Å². The van der Waals surface area contributed by atoms with Gasteiger partial charge in [0.25, 0.3) is 0 Å². The van der Waals surface area contributed by atoms with Crippen LogP contribution in [-0.4, -0.2) is 35.5 Å². The molecule has 0 aromatic rings. The third-order valence-corrected chi connectivity index (χ3v) is 2.17. The lowest BCUT2D eigenvalue weighted by Gasteiger charge is -1.96. The Bertz CT molecular complexity index is 128. The zero-order valence-corrected chi connectivity index (χ0v) is 7.37. The van der Waals surface area contributed by atoms with Crippen molar-refractivity contribution >= 4 is 15.4 Å². The summed E-state index contributed by atoms with van der Waals surface area (Å²) < 4.78 is 0. The standard InChI is InChI=1S/C7H10.2BH2O2/c1-2-7-4-3-6(1)5-7;2*2-1-3/h1-2,6-7H,3-5H2;2*2-3H. The van der Waals surface area contributed by atoms with Crippen LogP contribution in [0.5, 0.6) is 0 Å². The largest absolute Gasteiger partial charge is 0.482 e. The first-order valence-electron chi connectivity index (χ1n) is 4.17. The molecule has 0 aliphatic heterocycles. The van der Waals surface area contributed by atoms with Crippen LogP contribution in [0.3, 0.4) is 0 Å². The predicted molar refractivity (Wildman–Crippen MR) is 50.4 cm³/mol. The fourth-order valence-corrected chi connectivity index (χ4v) is 1.72. The first-order valence-corrected chi connectivity index (χ1v) is 4.17. The molecule has 0 spiro atoms. The van der Waals surface area contributed by atoms with Crippen molar-refractivity contribution in [3.63, 3.8) is 0 Å². The molecule has 2 rings (SSSR count). The van der Waals surface area contributed by atoms with Crippen molar-refractivity contribution in [2.45, 2.75) is 19.3 Å². The Morgan fingerprint density at radius 3 is 1.23 bits per heavy atom. The van der Waals surface area contributed by atoms with Crippen LogP contribution in [0.25, 0.3) is 0 Å². The van der Waals surface area contributed by atoms with E-state index in [4.69, 9.17) is 20.1 Å². The summed E-state index contributed by atoms with van der Waals surface area (Å²) in [6.45, 7) is 0. The van der Waals surface area contributed by atoms with Crippen LogP contribution in [0, 0.1) is 11.8 Å². The van der Waals surface area contributed by atoms with Gasteiger partial charge in [-0.3, -0.25) is 0 Å². The summed E-state index contributed by atoms with van der Waals surface area (Å²) in [7, 11) is 0. The van der Waals surface area contributed by atoms with Gasteiger partial charge in [0.05, 0.1) is 0 Å². The molecule has 0 heterocycles. The highest BCUT2D eigenvalue weighted by atomic mass is 16.4. The van der Waals surface area contributed by atoms with Crippen LogP contribution in [-0.2, 0) is 0 Å². The van der Waals surface area contributed by atoms with Crippen molar-refractivity contribution in [1.82, 2.24) is 0 Å². The van der Waals surface area contributed by atoms with Crippen molar-refractivity contribution in [3.8, 4) is 0 Å². The molecule has 72 valence electrons. The molecule has 4 nitrogen and oxygen atoms in total. The Kier molecular flexibility index (Phi) is 8.13. The van der Waals surface area contributed by atoms with Crippen LogP contribution in [0.1, 0.15) is 19.3 Å². The minimum atomic E-state index is 0. The van der Waals surface area contributed by atoms with E-state index in [1.807, 2.05) is 0 Å². The third-order valence-electron chi connectivity index (χ3n) is 2.17. The molecule has 0 amide bonds. The monoisotopic (exact) mass is 184 g/mol. The van der Waals surface area contributed by atoms with E-state index in [9.17, 15) is 0 Å². The molecular weight excluding hydrogens is 170 g/mol. The molecule has 0 saturated heterocycles. The van der Waals surface area contributed by atoms with Crippen LogP contribution in [0.15, 0.2) is 12.2 Å². The number of rotatable bonds is 0. The van der Waals surface area contributed by atoms with E-state index < -0.39 is 0 Å². The maximum Gasteiger partial charge on any atom is 0.482 e. The predicted octanol–water partition coefficient (Wildman–Crippen LogP) is -1.02. The van der Waals surface area contributed by atoms with E-state index in [1.54, 1.807) is 0 Å². The minimum Gasteiger partial charge on any atom is -0.429 e. The van der Waals surface area contributed by atoms with Crippen molar-refractivity contribution in [3.05, 3.63) is 12.2 Å². The Hall–Kier alpha value is -0.290. The van der Waals surface area contributed by atoms with E-state index in [2.05, 4.69) is 12.2 Å². The molecule has 2 atom stereocenters. The van der Waals surface area contributed by atoms with Crippen LogP contribution >= 0.6 is 0 Å². The summed E-state index contributed by atoms with van der Waals surface area (Å²) in [6, 6.07) is 0. The number of hydrogen-bond acceptors (Lipinski definition) is 4. The Morgan fingerprint density at radius 1 is 0.846 bits per heavy atom. The first kappa shape index (κ1) is 12.7. The third kappa shape index (κ3) is 5.87. The highest BCUT2D eigenvalue weighted by Crippen LogP contribution is 2.38. The summed E-state index contributed by atoms with van der Waals surface area (Å²) >= 11 is 0. The van der Waals surface area contributed by atoms with Crippen molar-refractivity contribution in [1.29, 1.82) is 0 Å². The summed E-state index contributed by atoms with van der Waals surface area (Å²) in [5.41, 5.74) is 0. The molecule has 4 N–H and O–H groups in total. The van der Waals surface area contributed by atoms with E-state index in [0.29, 0.717) is 0 Å². The lowest BCUT2D eigenvalue weighted by Crippen LogP contribution is -1.82. The SMILES string of the molecule is C1=CC2CCC1C2.O[B]O.O[B]O. The molecule has 2 aliphatic carbocycles. The second kappa shape index (κ2) is 8.31. The lowest BCUT2D eigenvalue weighted by molar-refractivity contribution is 0.447. The summed E-state index contributed by atoms with van der Waals surface area (Å²) in [5, 5.41) is 28.0. The highest BCUT2D eigenvalue weighted by molar-refractivity contribution is 6.13. The van der Waals surface area contributed by atoms with Gasteiger partial charge in [-0.1, -0.05) is 12.2 Å². The van der Waals surface area contributed by atoms with E-state index >= 15 is 0 Å². The van der Waals surface area contributed by atoms with Gasteiger partial charge in [-0.15, -0.1) is 0 Å². The normalized spacial score (nSPS) is 26.8. The Balaban J connectivity index is 0.000000208. The molecule has 2 unspecified atom stereocenters. The second-order valence-corrected chi connectivity index (χ2v) is 2.95. The average Bonchev–Trinajstić information content (AvgIpc) is 2.69. The summed E-state index contributed by atoms with van der Waals surface area (Å²) in [5.74, 6) is 1.98. The van der Waals surface area contributed by atoms with Crippen molar-refractivity contribution in [2.24, 2.45) is 11.8 Å². The number of hydrogen-bond donors (Lipinski definition) is 4. The quantitative estimate of drug-likeness (QED) is 0.287. The molecule has 2 aliphatic rings. The van der Waals surface area contributed by atoms with Gasteiger partial charge in [-0.25, -0.2) is 0 Å². The van der Waals surface area contributed by atoms with E-state index in [1.165, 1.54) is 19.3 Å². The van der Waals surface area contributed by atoms with Gasteiger partial charge >= 0.3 is 15.4 Å². The minimum absolute atomic E-state index is 0. The smallest absolute Gasteiger partial charge is 0.429 e. The van der Waals surface area contributed by atoms with Gasteiger partial charge < -0.3 is 20.1 Å². The van der Waals surface area contributed by atoms with Gasteiger partial charge in [-0.05, 0) is 31.1 Å². The van der Waals surface area contributed by atoms with Crippen LogP contribution in [0.4, 0.5) is 0 Å². The maximum absolute atomic E-state index is 7.00. The average molecular weight is 184 g/mol. The van der Waals surface area contributed by atoms with Crippen LogP contribution in [0.2, 0.25) is 0 Å². The zero-order valence-electron chi connectivity index (χ0n) is 7.37. The Morgan fingerprint density at radius 2 is 1.15 bits per heavy atom. The molecule has 6 heteroatoms. The Labute approximate surface area is 79.5 Å². The molecule has 2 radical (unpaired) electrons.